The second-order valence-corrected chi connectivity index (χ2v) is 10.3. The summed E-state index contributed by atoms with van der Waals surface area (Å²) < 4.78 is 33.6. The fourth-order valence-electron chi connectivity index (χ4n) is 4.31. The molecule has 0 saturated carbocycles. The van der Waals surface area contributed by atoms with Gasteiger partial charge in [-0.25, -0.2) is 8.42 Å². The normalized spacial score (nSPS) is 22.7. The quantitative estimate of drug-likeness (QED) is 0.729. The van der Waals surface area contributed by atoms with Gasteiger partial charge in [-0.15, -0.1) is 0 Å². The zero-order valence-corrected chi connectivity index (χ0v) is 19.0. The van der Waals surface area contributed by atoms with Gasteiger partial charge in [0.25, 0.3) is 5.91 Å². The van der Waals surface area contributed by atoms with Crippen molar-refractivity contribution in [2.45, 2.75) is 37.5 Å². The van der Waals surface area contributed by atoms with Crippen LogP contribution in [0, 0.1) is 0 Å². The third-order valence-electron chi connectivity index (χ3n) is 5.86. The SMILES string of the molecule is CC1CN(S(=O)(=O)c2cccc(C(=O)N3CCN(C)c4ccccc4C3)c2)CC(C)O1. The Kier molecular flexibility index (Phi) is 6.05. The average molecular weight is 444 g/mol. The highest BCUT2D eigenvalue weighted by molar-refractivity contribution is 7.89. The van der Waals surface area contributed by atoms with Gasteiger partial charge in [-0.2, -0.15) is 4.31 Å². The Hall–Kier alpha value is -2.42. The van der Waals surface area contributed by atoms with E-state index in [0.717, 1.165) is 11.3 Å². The molecule has 2 aromatic rings. The number of hydrogen-bond acceptors (Lipinski definition) is 5. The topological polar surface area (TPSA) is 70.2 Å². The maximum absolute atomic E-state index is 13.3. The molecule has 2 aliphatic heterocycles. The number of para-hydroxylation sites is 1. The van der Waals surface area contributed by atoms with Crippen molar-refractivity contribution in [3.05, 3.63) is 59.7 Å². The minimum atomic E-state index is -3.70. The molecule has 0 aliphatic carbocycles. The Morgan fingerprint density at radius 1 is 1.00 bits per heavy atom. The lowest BCUT2D eigenvalue weighted by Crippen LogP contribution is -2.48. The molecule has 31 heavy (non-hydrogen) atoms. The van der Waals surface area contributed by atoms with Gasteiger partial charge in [0.15, 0.2) is 0 Å². The Bertz CT molecular complexity index is 1060. The van der Waals surface area contributed by atoms with Crippen LogP contribution < -0.4 is 4.90 Å². The summed E-state index contributed by atoms with van der Waals surface area (Å²) in [4.78, 5) is 17.4. The molecule has 2 heterocycles. The van der Waals surface area contributed by atoms with Gasteiger partial charge in [-0.3, -0.25) is 4.79 Å². The number of rotatable bonds is 3. The Labute approximate surface area is 184 Å². The van der Waals surface area contributed by atoms with Crippen LogP contribution in [0.4, 0.5) is 5.69 Å². The van der Waals surface area contributed by atoms with Crippen LogP contribution in [0.25, 0.3) is 0 Å². The zero-order chi connectivity index (χ0) is 22.2. The Morgan fingerprint density at radius 2 is 1.71 bits per heavy atom. The molecule has 2 atom stereocenters. The summed E-state index contributed by atoms with van der Waals surface area (Å²) in [6.07, 6.45) is -0.338. The first-order valence-electron chi connectivity index (χ1n) is 10.6. The number of anilines is 1. The second kappa shape index (κ2) is 8.61. The molecule has 8 heteroatoms. The van der Waals surface area contributed by atoms with Gasteiger partial charge in [-0.05, 0) is 43.7 Å². The number of carbonyl (C=O) groups excluding carboxylic acids is 1. The number of morpholine rings is 1. The number of hydrogen-bond donors (Lipinski definition) is 0. The zero-order valence-electron chi connectivity index (χ0n) is 18.2. The molecule has 166 valence electrons. The molecule has 7 nitrogen and oxygen atoms in total. The summed E-state index contributed by atoms with van der Waals surface area (Å²) in [5.74, 6) is -0.161. The van der Waals surface area contributed by atoms with Crippen LogP contribution in [-0.2, 0) is 21.3 Å². The maximum Gasteiger partial charge on any atom is 0.254 e. The number of likely N-dealkylation sites (N-methyl/N-ethyl adjacent to an activating group) is 1. The van der Waals surface area contributed by atoms with E-state index in [1.165, 1.54) is 10.4 Å². The third-order valence-corrected chi connectivity index (χ3v) is 7.69. The number of benzene rings is 2. The number of ether oxygens (including phenoxy) is 1. The molecule has 0 N–H and O–H groups in total. The van der Waals surface area contributed by atoms with Crippen LogP contribution >= 0.6 is 0 Å². The number of carbonyl (C=O) groups is 1. The van der Waals surface area contributed by atoms with E-state index < -0.39 is 10.0 Å². The van der Waals surface area contributed by atoms with Gasteiger partial charge in [0.2, 0.25) is 10.0 Å². The molecule has 2 aliphatic rings. The molecule has 0 bridgehead atoms. The van der Waals surface area contributed by atoms with Crippen molar-refractivity contribution < 1.29 is 17.9 Å². The van der Waals surface area contributed by atoms with E-state index in [1.54, 1.807) is 23.1 Å². The largest absolute Gasteiger partial charge is 0.373 e. The molecule has 0 aromatic heterocycles. The Morgan fingerprint density at radius 3 is 2.45 bits per heavy atom. The van der Waals surface area contributed by atoms with Crippen molar-refractivity contribution in [3.8, 4) is 0 Å². The monoisotopic (exact) mass is 443 g/mol. The minimum absolute atomic E-state index is 0.145. The summed E-state index contributed by atoms with van der Waals surface area (Å²) in [6.45, 7) is 6.12. The van der Waals surface area contributed by atoms with E-state index in [1.807, 2.05) is 39.1 Å². The van der Waals surface area contributed by atoms with Crippen molar-refractivity contribution in [2.75, 3.05) is 38.1 Å². The fraction of sp³-hybridized carbons (Fsp3) is 0.435. The van der Waals surface area contributed by atoms with Crippen LogP contribution in [0.1, 0.15) is 29.8 Å². The molecular formula is C23H29N3O4S. The standard InChI is InChI=1S/C23H29N3O4S/c1-17-14-26(15-18(2)30-17)31(28,29)21-9-6-8-19(13-21)23(27)25-12-11-24(3)22-10-5-4-7-20(22)16-25/h4-10,13,17-18H,11-12,14-16H2,1-3H3. The van der Waals surface area contributed by atoms with Crippen LogP contribution in [0.5, 0.6) is 0 Å². The van der Waals surface area contributed by atoms with Gasteiger partial charge in [0.1, 0.15) is 0 Å². The van der Waals surface area contributed by atoms with Gasteiger partial charge in [0.05, 0.1) is 17.1 Å². The predicted octanol–water partition coefficient (Wildman–Crippen LogP) is 2.58. The molecular weight excluding hydrogens is 414 g/mol. The van der Waals surface area contributed by atoms with E-state index in [-0.39, 0.29) is 23.0 Å². The molecule has 0 radical (unpaired) electrons. The lowest BCUT2D eigenvalue weighted by molar-refractivity contribution is -0.0440. The van der Waals surface area contributed by atoms with E-state index in [4.69, 9.17) is 4.74 Å². The number of fused-ring (bicyclic) bond motifs is 1. The van der Waals surface area contributed by atoms with Crippen molar-refractivity contribution in [1.29, 1.82) is 0 Å². The first kappa shape index (κ1) is 21.8. The van der Waals surface area contributed by atoms with E-state index in [2.05, 4.69) is 11.0 Å². The Balaban J connectivity index is 1.59. The fourth-order valence-corrected chi connectivity index (χ4v) is 5.95. The lowest BCUT2D eigenvalue weighted by Gasteiger charge is -2.34. The second-order valence-electron chi connectivity index (χ2n) is 8.38. The van der Waals surface area contributed by atoms with E-state index in [9.17, 15) is 13.2 Å². The third kappa shape index (κ3) is 4.46. The predicted molar refractivity (Wildman–Crippen MR) is 120 cm³/mol. The summed E-state index contributed by atoms with van der Waals surface area (Å²) >= 11 is 0. The maximum atomic E-state index is 13.3. The van der Waals surface area contributed by atoms with Crippen LogP contribution in [0.15, 0.2) is 53.4 Å². The highest BCUT2D eigenvalue weighted by atomic mass is 32.2. The van der Waals surface area contributed by atoms with Crippen molar-refractivity contribution in [3.63, 3.8) is 0 Å². The molecule has 0 spiro atoms. The highest BCUT2D eigenvalue weighted by Crippen LogP contribution is 2.26. The summed E-state index contributed by atoms with van der Waals surface area (Å²) in [6, 6.07) is 14.4. The van der Waals surface area contributed by atoms with Crippen molar-refractivity contribution >= 4 is 21.6 Å². The van der Waals surface area contributed by atoms with Crippen molar-refractivity contribution in [1.82, 2.24) is 9.21 Å². The van der Waals surface area contributed by atoms with Gasteiger partial charge in [0, 0.05) is 51.0 Å². The van der Waals surface area contributed by atoms with Crippen LogP contribution in [-0.4, -0.2) is 69.0 Å². The number of sulfonamides is 1. The summed E-state index contributed by atoms with van der Waals surface area (Å²) in [5.41, 5.74) is 2.58. The molecule has 4 rings (SSSR count). The first-order chi connectivity index (χ1) is 14.8. The van der Waals surface area contributed by atoms with Gasteiger partial charge >= 0.3 is 0 Å². The van der Waals surface area contributed by atoms with Crippen LogP contribution in [0.3, 0.4) is 0 Å². The molecule has 2 unspecified atom stereocenters. The summed E-state index contributed by atoms with van der Waals surface area (Å²) in [7, 11) is -1.69. The van der Waals surface area contributed by atoms with E-state index in [0.29, 0.717) is 38.3 Å². The van der Waals surface area contributed by atoms with Gasteiger partial charge < -0.3 is 14.5 Å². The first-order valence-corrected chi connectivity index (χ1v) is 12.0. The summed E-state index contributed by atoms with van der Waals surface area (Å²) in [5, 5.41) is 0. The number of amides is 1. The molecule has 1 fully saturated rings. The minimum Gasteiger partial charge on any atom is -0.373 e. The smallest absolute Gasteiger partial charge is 0.254 e. The lowest BCUT2D eigenvalue weighted by atomic mass is 10.1. The van der Waals surface area contributed by atoms with Gasteiger partial charge in [-0.1, -0.05) is 24.3 Å². The molecule has 1 saturated heterocycles. The van der Waals surface area contributed by atoms with Crippen LogP contribution in [0.2, 0.25) is 0 Å². The number of nitrogens with zero attached hydrogens (tertiary/aromatic N) is 3. The van der Waals surface area contributed by atoms with E-state index >= 15 is 0 Å². The average Bonchev–Trinajstić information content (AvgIpc) is 2.92. The highest BCUT2D eigenvalue weighted by Gasteiger charge is 2.33. The molecule has 1 amide bonds. The van der Waals surface area contributed by atoms with Crippen molar-refractivity contribution in [2.24, 2.45) is 0 Å². The molecule has 2 aromatic carbocycles.